The predicted molar refractivity (Wildman–Crippen MR) is 99.1 cm³/mol. The summed E-state index contributed by atoms with van der Waals surface area (Å²) in [5, 5.41) is 21.2. The molecule has 1 saturated heterocycles. The molecule has 0 spiro atoms. The molecule has 8 nitrogen and oxygen atoms in total. The van der Waals surface area contributed by atoms with Crippen LogP contribution in [0.3, 0.4) is 0 Å². The highest BCUT2D eigenvalue weighted by atomic mass is 16.5. The summed E-state index contributed by atoms with van der Waals surface area (Å²) < 4.78 is 5.65. The lowest BCUT2D eigenvalue weighted by Gasteiger charge is -2.21. The van der Waals surface area contributed by atoms with Crippen LogP contribution in [-0.4, -0.2) is 58.1 Å². The molecule has 0 bridgehead atoms. The van der Waals surface area contributed by atoms with Gasteiger partial charge in [-0.1, -0.05) is 18.2 Å². The molecule has 0 radical (unpaired) electrons. The van der Waals surface area contributed by atoms with E-state index in [9.17, 15) is 19.5 Å². The number of hydrogen-bond donors (Lipinski definition) is 3. The Balaban J connectivity index is 1.54. The monoisotopic (exact) mass is 384 g/mol. The number of aliphatic hydroxyl groups is 1. The largest absolute Gasteiger partial charge is 0.480 e. The highest BCUT2D eigenvalue weighted by Gasteiger charge is 2.38. The number of rotatable bonds is 6. The molecule has 1 heterocycles. The van der Waals surface area contributed by atoms with Gasteiger partial charge < -0.3 is 25.2 Å². The third-order valence-electron chi connectivity index (χ3n) is 4.38. The zero-order valence-corrected chi connectivity index (χ0v) is 14.9. The van der Waals surface area contributed by atoms with E-state index in [1.165, 1.54) is 0 Å². The number of para-hydroxylation sites is 1. The summed E-state index contributed by atoms with van der Waals surface area (Å²) >= 11 is 0. The van der Waals surface area contributed by atoms with Gasteiger partial charge in [-0.2, -0.15) is 0 Å². The zero-order chi connectivity index (χ0) is 20.1. The molecule has 3 N–H and O–H groups in total. The van der Waals surface area contributed by atoms with Gasteiger partial charge in [0.2, 0.25) is 5.91 Å². The molecule has 2 atom stereocenters. The molecule has 0 aromatic heterocycles. The summed E-state index contributed by atoms with van der Waals surface area (Å²) in [5.41, 5.74) is 0.337. The summed E-state index contributed by atoms with van der Waals surface area (Å²) in [6.45, 7) is -0.408. The van der Waals surface area contributed by atoms with E-state index >= 15 is 0 Å². The Kier molecular flexibility index (Phi) is 5.90. The molecule has 2 aromatic rings. The van der Waals surface area contributed by atoms with E-state index in [4.69, 9.17) is 9.84 Å². The van der Waals surface area contributed by atoms with Crippen molar-refractivity contribution in [3.8, 4) is 11.5 Å². The first-order chi connectivity index (χ1) is 13.4. The lowest BCUT2D eigenvalue weighted by Crippen LogP contribution is -2.45. The highest BCUT2D eigenvalue weighted by Crippen LogP contribution is 2.21. The van der Waals surface area contributed by atoms with Crippen LogP contribution in [0.5, 0.6) is 11.5 Å². The van der Waals surface area contributed by atoms with Crippen molar-refractivity contribution in [3.05, 3.63) is 60.2 Å². The Morgan fingerprint density at radius 1 is 1.04 bits per heavy atom. The average Bonchev–Trinajstić information content (AvgIpc) is 3.09. The van der Waals surface area contributed by atoms with E-state index in [2.05, 4.69) is 5.32 Å². The number of nitrogens with zero attached hydrogens (tertiary/aromatic N) is 1. The Morgan fingerprint density at radius 3 is 2.32 bits per heavy atom. The number of amides is 2. The van der Waals surface area contributed by atoms with E-state index in [-0.39, 0.29) is 19.5 Å². The minimum atomic E-state index is -1.18. The van der Waals surface area contributed by atoms with Crippen molar-refractivity contribution in [2.24, 2.45) is 0 Å². The van der Waals surface area contributed by atoms with Crippen molar-refractivity contribution in [1.29, 1.82) is 0 Å². The summed E-state index contributed by atoms with van der Waals surface area (Å²) in [6.07, 6.45) is -0.893. The number of carbonyl (C=O) groups is 3. The van der Waals surface area contributed by atoms with Crippen molar-refractivity contribution in [2.75, 3.05) is 13.1 Å². The van der Waals surface area contributed by atoms with Crippen molar-refractivity contribution < 1.29 is 29.3 Å². The topological polar surface area (TPSA) is 116 Å². The molecule has 2 aromatic carbocycles. The quantitative estimate of drug-likeness (QED) is 0.690. The minimum absolute atomic E-state index is 0.0160. The first-order valence-corrected chi connectivity index (χ1v) is 8.75. The van der Waals surface area contributed by atoms with Crippen LogP contribution >= 0.6 is 0 Å². The van der Waals surface area contributed by atoms with E-state index in [0.717, 1.165) is 4.90 Å². The Bertz CT molecular complexity index is 853. The smallest absolute Gasteiger partial charge is 0.326 e. The highest BCUT2D eigenvalue weighted by molar-refractivity contribution is 5.97. The van der Waals surface area contributed by atoms with Crippen LogP contribution in [-0.2, 0) is 9.59 Å². The number of aliphatic hydroxyl groups excluding tert-OH is 1. The van der Waals surface area contributed by atoms with Crippen molar-refractivity contribution in [2.45, 2.75) is 18.6 Å². The number of benzene rings is 2. The first kappa shape index (κ1) is 19.4. The maximum atomic E-state index is 12.2. The molecule has 2 amide bonds. The molecular formula is C20H20N2O6. The standard InChI is InChI=1S/C20H20N2O6/c23-14-10-17(20(26)27)22(12-14)18(24)11-21-19(25)13-6-8-16(9-7-13)28-15-4-2-1-3-5-15/h1-9,14,17,23H,10-12H2,(H,21,25)(H,26,27)/t14?,17-/m1/s1. The predicted octanol–water partition coefficient (Wildman–Crippen LogP) is 1.26. The fourth-order valence-corrected chi connectivity index (χ4v) is 2.98. The van der Waals surface area contributed by atoms with Gasteiger partial charge in [0.1, 0.15) is 17.5 Å². The number of carbonyl (C=O) groups excluding carboxylic acids is 2. The second-order valence-electron chi connectivity index (χ2n) is 6.41. The summed E-state index contributed by atoms with van der Waals surface area (Å²) in [7, 11) is 0. The van der Waals surface area contributed by atoms with Crippen LogP contribution in [0.1, 0.15) is 16.8 Å². The lowest BCUT2D eigenvalue weighted by atomic mass is 10.2. The van der Waals surface area contributed by atoms with Crippen LogP contribution in [0.2, 0.25) is 0 Å². The molecular weight excluding hydrogens is 364 g/mol. The van der Waals surface area contributed by atoms with E-state index < -0.39 is 29.9 Å². The third kappa shape index (κ3) is 4.66. The van der Waals surface area contributed by atoms with Gasteiger partial charge in [0.25, 0.3) is 5.91 Å². The van der Waals surface area contributed by atoms with Crippen LogP contribution < -0.4 is 10.1 Å². The zero-order valence-electron chi connectivity index (χ0n) is 14.9. The lowest BCUT2D eigenvalue weighted by molar-refractivity contribution is -0.147. The number of hydrogen-bond acceptors (Lipinski definition) is 5. The molecule has 8 heteroatoms. The van der Waals surface area contributed by atoms with E-state index in [1.54, 1.807) is 24.3 Å². The summed E-state index contributed by atoms with van der Waals surface area (Å²) in [4.78, 5) is 36.7. The van der Waals surface area contributed by atoms with Gasteiger partial charge in [0.05, 0.1) is 12.6 Å². The van der Waals surface area contributed by atoms with Gasteiger partial charge in [-0.3, -0.25) is 9.59 Å². The minimum Gasteiger partial charge on any atom is -0.480 e. The number of carboxylic acid groups (broad SMARTS) is 1. The average molecular weight is 384 g/mol. The Labute approximate surface area is 161 Å². The fraction of sp³-hybridized carbons (Fsp3) is 0.250. The molecule has 146 valence electrons. The van der Waals surface area contributed by atoms with Gasteiger partial charge in [-0.05, 0) is 36.4 Å². The number of β-amino-alcohol motifs (C(OH)–C–C–N with tert-alkyl or cyclic N) is 1. The maximum absolute atomic E-state index is 12.2. The summed E-state index contributed by atoms with van der Waals surface area (Å²) in [6, 6.07) is 14.5. The van der Waals surface area contributed by atoms with E-state index in [0.29, 0.717) is 17.1 Å². The molecule has 0 aliphatic carbocycles. The van der Waals surface area contributed by atoms with Gasteiger partial charge in [-0.15, -0.1) is 0 Å². The van der Waals surface area contributed by atoms with Crippen LogP contribution in [0.15, 0.2) is 54.6 Å². The Morgan fingerprint density at radius 2 is 1.68 bits per heavy atom. The van der Waals surface area contributed by atoms with Gasteiger partial charge in [-0.25, -0.2) is 4.79 Å². The molecule has 1 aliphatic heterocycles. The SMILES string of the molecule is O=C(NCC(=O)N1CC(O)C[C@@H]1C(=O)O)c1ccc(Oc2ccccc2)cc1. The molecule has 0 saturated carbocycles. The second kappa shape index (κ2) is 8.53. The van der Waals surface area contributed by atoms with Gasteiger partial charge in [0, 0.05) is 18.5 Å². The number of likely N-dealkylation sites (tertiary alicyclic amines) is 1. The summed E-state index contributed by atoms with van der Waals surface area (Å²) in [5.74, 6) is -0.960. The maximum Gasteiger partial charge on any atom is 0.326 e. The van der Waals surface area contributed by atoms with Crippen molar-refractivity contribution in [1.82, 2.24) is 10.2 Å². The normalized spacial score (nSPS) is 18.5. The molecule has 1 unspecified atom stereocenters. The van der Waals surface area contributed by atoms with Gasteiger partial charge >= 0.3 is 5.97 Å². The molecule has 3 rings (SSSR count). The fourth-order valence-electron chi connectivity index (χ4n) is 2.98. The number of ether oxygens (including phenoxy) is 1. The first-order valence-electron chi connectivity index (χ1n) is 8.75. The number of nitrogens with one attached hydrogen (secondary N) is 1. The molecule has 1 fully saturated rings. The molecule has 1 aliphatic rings. The van der Waals surface area contributed by atoms with E-state index in [1.807, 2.05) is 30.3 Å². The Hall–Kier alpha value is -3.39. The number of carboxylic acids is 1. The number of aliphatic carboxylic acids is 1. The van der Waals surface area contributed by atoms with Crippen molar-refractivity contribution >= 4 is 17.8 Å². The second-order valence-corrected chi connectivity index (χ2v) is 6.41. The van der Waals surface area contributed by atoms with Crippen LogP contribution in [0, 0.1) is 0 Å². The van der Waals surface area contributed by atoms with Crippen LogP contribution in [0.4, 0.5) is 0 Å². The molecule has 28 heavy (non-hydrogen) atoms. The van der Waals surface area contributed by atoms with Crippen LogP contribution in [0.25, 0.3) is 0 Å². The van der Waals surface area contributed by atoms with Crippen molar-refractivity contribution in [3.63, 3.8) is 0 Å². The third-order valence-corrected chi connectivity index (χ3v) is 4.38. The van der Waals surface area contributed by atoms with Gasteiger partial charge in [0.15, 0.2) is 0 Å².